The number of hydrogen-bond donors (Lipinski definition) is 2. The maximum Gasteiger partial charge on any atom is 0.232 e. The van der Waals surface area contributed by atoms with Gasteiger partial charge in [0, 0.05) is 32.6 Å². The molecule has 0 bridgehead atoms. The van der Waals surface area contributed by atoms with Crippen LogP contribution < -0.4 is 11.1 Å². The van der Waals surface area contributed by atoms with Crippen molar-refractivity contribution in [2.24, 2.45) is 5.73 Å². The normalized spacial score (nSPS) is 16.8. The number of primary amides is 1. The van der Waals surface area contributed by atoms with E-state index < -0.39 is 21.5 Å². The number of carbonyl (C=O) groups excluding carboxylic acids is 2. The number of amides is 2. The molecule has 8 heteroatoms. The van der Waals surface area contributed by atoms with E-state index in [-0.39, 0.29) is 18.1 Å². The molecule has 0 atom stereocenters. The second-order valence-corrected chi connectivity index (χ2v) is 6.12. The van der Waals surface area contributed by atoms with E-state index in [9.17, 15) is 18.0 Å². The van der Waals surface area contributed by atoms with Gasteiger partial charge in [0.2, 0.25) is 11.8 Å². The van der Waals surface area contributed by atoms with Crippen LogP contribution in [0.15, 0.2) is 0 Å². The molecule has 17 heavy (non-hydrogen) atoms. The molecule has 7 nitrogen and oxygen atoms in total. The second-order valence-electron chi connectivity index (χ2n) is 3.94. The van der Waals surface area contributed by atoms with Crippen LogP contribution in [0.25, 0.3) is 0 Å². The van der Waals surface area contributed by atoms with Crippen molar-refractivity contribution < 1.29 is 18.0 Å². The molecule has 1 rings (SSSR count). The molecule has 0 aromatic rings. The van der Waals surface area contributed by atoms with Gasteiger partial charge in [0.1, 0.15) is 5.75 Å². The molecule has 0 aliphatic carbocycles. The standard InChI is InChI=1S/C9H17N3O4S/c10-8(13)7-17(15,16)6-1-9(14)12-4-2-11-3-5-12/h11H,1-7H2,(H2,10,13). The lowest BCUT2D eigenvalue weighted by atomic mass is 10.3. The Kier molecular flexibility index (Phi) is 4.88. The zero-order chi connectivity index (χ0) is 12.9. The predicted octanol–water partition coefficient (Wildman–Crippen LogP) is -2.29. The molecule has 0 unspecified atom stereocenters. The number of hydrogen-bond acceptors (Lipinski definition) is 5. The first-order valence-electron chi connectivity index (χ1n) is 5.38. The van der Waals surface area contributed by atoms with E-state index in [4.69, 9.17) is 5.73 Å². The Labute approximate surface area is 100 Å². The molecular weight excluding hydrogens is 246 g/mol. The lowest BCUT2D eigenvalue weighted by molar-refractivity contribution is -0.131. The van der Waals surface area contributed by atoms with Gasteiger partial charge < -0.3 is 16.0 Å². The highest BCUT2D eigenvalue weighted by atomic mass is 32.2. The first kappa shape index (κ1) is 13.9. The fourth-order valence-electron chi connectivity index (χ4n) is 1.60. The molecule has 1 heterocycles. The smallest absolute Gasteiger partial charge is 0.232 e. The zero-order valence-corrected chi connectivity index (χ0v) is 10.3. The molecule has 1 aliphatic heterocycles. The van der Waals surface area contributed by atoms with E-state index in [1.54, 1.807) is 4.90 Å². The summed E-state index contributed by atoms with van der Waals surface area (Å²) in [6.45, 7) is 2.63. The number of sulfone groups is 1. The topological polar surface area (TPSA) is 110 Å². The van der Waals surface area contributed by atoms with Gasteiger partial charge in [-0.15, -0.1) is 0 Å². The maximum absolute atomic E-state index is 11.6. The van der Waals surface area contributed by atoms with Crippen LogP contribution in [-0.2, 0) is 19.4 Å². The third kappa shape index (κ3) is 5.14. The van der Waals surface area contributed by atoms with E-state index >= 15 is 0 Å². The summed E-state index contributed by atoms with van der Waals surface area (Å²) in [6, 6.07) is 0. The molecule has 0 spiro atoms. The lowest BCUT2D eigenvalue weighted by Gasteiger charge is -2.27. The fraction of sp³-hybridized carbons (Fsp3) is 0.778. The van der Waals surface area contributed by atoms with Crippen molar-refractivity contribution >= 4 is 21.7 Å². The van der Waals surface area contributed by atoms with Gasteiger partial charge in [-0.05, 0) is 0 Å². The molecule has 1 fully saturated rings. The quantitative estimate of drug-likeness (QED) is 0.580. The minimum absolute atomic E-state index is 0.0877. The van der Waals surface area contributed by atoms with E-state index in [2.05, 4.69) is 5.32 Å². The summed E-state index contributed by atoms with van der Waals surface area (Å²) in [5, 5.41) is 3.09. The van der Waals surface area contributed by atoms with Gasteiger partial charge in [-0.2, -0.15) is 0 Å². The van der Waals surface area contributed by atoms with Crippen LogP contribution in [0.1, 0.15) is 6.42 Å². The summed E-state index contributed by atoms with van der Waals surface area (Å²) in [5.41, 5.74) is 4.81. The number of nitrogens with two attached hydrogens (primary N) is 1. The monoisotopic (exact) mass is 263 g/mol. The Morgan fingerprint density at radius 2 is 1.82 bits per heavy atom. The van der Waals surface area contributed by atoms with Crippen LogP contribution in [0.4, 0.5) is 0 Å². The lowest BCUT2D eigenvalue weighted by Crippen LogP contribution is -2.46. The Morgan fingerprint density at radius 1 is 1.24 bits per heavy atom. The van der Waals surface area contributed by atoms with E-state index in [1.807, 2.05) is 0 Å². The van der Waals surface area contributed by atoms with Gasteiger partial charge in [-0.1, -0.05) is 0 Å². The van der Waals surface area contributed by atoms with Gasteiger partial charge in [-0.3, -0.25) is 9.59 Å². The van der Waals surface area contributed by atoms with Crippen molar-refractivity contribution in [3.63, 3.8) is 0 Å². The van der Waals surface area contributed by atoms with Gasteiger partial charge in [-0.25, -0.2) is 8.42 Å². The molecule has 0 radical (unpaired) electrons. The Bertz CT molecular complexity index is 387. The molecule has 0 saturated carbocycles. The maximum atomic E-state index is 11.6. The largest absolute Gasteiger partial charge is 0.369 e. The number of carbonyl (C=O) groups is 2. The Balaban J connectivity index is 2.39. The third-order valence-electron chi connectivity index (χ3n) is 2.46. The van der Waals surface area contributed by atoms with Crippen LogP contribution in [0.5, 0.6) is 0 Å². The van der Waals surface area contributed by atoms with Crippen LogP contribution in [0.2, 0.25) is 0 Å². The van der Waals surface area contributed by atoms with Crippen LogP contribution in [0, 0.1) is 0 Å². The predicted molar refractivity (Wildman–Crippen MR) is 61.9 cm³/mol. The van der Waals surface area contributed by atoms with Crippen molar-refractivity contribution in [2.45, 2.75) is 6.42 Å². The highest BCUT2D eigenvalue weighted by Crippen LogP contribution is 2.00. The summed E-state index contributed by atoms with van der Waals surface area (Å²) in [6.07, 6.45) is -0.0877. The molecule has 0 aromatic carbocycles. The molecule has 2 amide bonds. The average molecular weight is 263 g/mol. The summed E-state index contributed by atoms with van der Waals surface area (Å²) in [5.74, 6) is -2.10. The molecule has 1 aliphatic rings. The highest BCUT2D eigenvalue weighted by Gasteiger charge is 2.20. The van der Waals surface area contributed by atoms with Crippen LogP contribution in [0.3, 0.4) is 0 Å². The number of nitrogens with one attached hydrogen (secondary N) is 1. The summed E-state index contributed by atoms with van der Waals surface area (Å²) >= 11 is 0. The van der Waals surface area contributed by atoms with Gasteiger partial charge >= 0.3 is 0 Å². The fourth-order valence-corrected chi connectivity index (χ4v) is 2.67. The van der Waals surface area contributed by atoms with Crippen LogP contribution >= 0.6 is 0 Å². The average Bonchev–Trinajstić information content (AvgIpc) is 2.25. The Hall–Kier alpha value is -1.15. The van der Waals surface area contributed by atoms with Gasteiger partial charge in [0.25, 0.3) is 0 Å². The van der Waals surface area contributed by atoms with Crippen molar-refractivity contribution in [2.75, 3.05) is 37.7 Å². The summed E-state index contributed by atoms with van der Waals surface area (Å²) < 4.78 is 22.7. The van der Waals surface area contributed by atoms with Crippen molar-refractivity contribution in [1.82, 2.24) is 10.2 Å². The van der Waals surface area contributed by atoms with E-state index in [0.29, 0.717) is 13.1 Å². The van der Waals surface area contributed by atoms with Crippen molar-refractivity contribution in [3.05, 3.63) is 0 Å². The summed E-state index contributed by atoms with van der Waals surface area (Å²) in [7, 11) is -3.55. The first-order valence-corrected chi connectivity index (χ1v) is 7.20. The van der Waals surface area contributed by atoms with Crippen molar-refractivity contribution in [3.8, 4) is 0 Å². The third-order valence-corrected chi connectivity index (χ3v) is 4.01. The minimum atomic E-state index is -3.55. The van der Waals surface area contributed by atoms with E-state index in [0.717, 1.165) is 13.1 Å². The first-order chi connectivity index (χ1) is 7.91. The number of rotatable bonds is 5. The number of nitrogens with zero attached hydrogens (tertiary/aromatic N) is 1. The molecule has 3 N–H and O–H groups in total. The number of piperazine rings is 1. The van der Waals surface area contributed by atoms with Crippen LogP contribution in [-0.4, -0.2) is 62.8 Å². The SMILES string of the molecule is NC(=O)CS(=O)(=O)CCC(=O)N1CCNCC1. The Morgan fingerprint density at radius 3 is 2.35 bits per heavy atom. The molecule has 98 valence electrons. The minimum Gasteiger partial charge on any atom is -0.369 e. The zero-order valence-electron chi connectivity index (χ0n) is 9.52. The molecular formula is C9H17N3O4S. The van der Waals surface area contributed by atoms with Gasteiger partial charge in [0.05, 0.1) is 5.75 Å². The molecule has 1 saturated heterocycles. The molecule has 0 aromatic heterocycles. The highest BCUT2D eigenvalue weighted by molar-refractivity contribution is 7.92. The van der Waals surface area contributed by atoms with E-state index in [1.165, 1.54) is 0 Å². The second kappa shape index (κ2) is 5.97. The van der Waals surface area contributed by atoms with Gasteiger partial charge in [0.15, 0.2) is 9.84 Å². The summed E-state index contributed by atoms with van der Waals surface area (Å²) in [4.78, 5) is 23.8. The van der Waals surface area contributed by atoms with Crippen molar-refractivity contribution in [1.29, 1.82) is 0 Å².